The van der Waals surface area contributed by atoms with Crippen LogP contribution in [0, 0.1) is 0 Å². The Morgan fingerprint density at radius 3 is 2.53 bits per heavy atom. The summed E-state index contributed by atoms with van der Waals surface area (Å²) in [6.45, 7) is 1.61. The second kappa shape index (κ2) is 9.46. The number of para-hydroxylation sites is 3. The summed E-state index contributed by atoms with van der Waals surface area (Å²) in [5.74, 6) is 1.39. The number of nitrogens with one attached hydrogen (secondary N) is 1. The van der Waals surface area contributed by atoms with Crippen LogP contribution in [0.4, 0.5) is 0 Å². The van der Waals surface area contributed by atoms with Crippen molar-refractivity contribution in [2.24, 2.45) is 0 Å². The molecule has 3 aromatic carbocycles. The van der Waals surface area contributed by atoms with Crippen molar-refractivity contribution in [2.75, 3.05) is 6.61 Å². The summed E-state index contributed by atoms with van der Waals surface area (Å²) in [4.78, 5) is 17.1. The number of fused-ring (bicyclic) bond motifs is 1. The molecule has 4 rings (SSSR count). The van der Waals surface area contributed by atoms with Gasteiger partial charge in [-0.05, 0) is 42.8 Å². The number of hydrogen-bond acceptors (Lipinski definition) is 3. The van der Waals surface area contributed by atoms with E-state index in [4.69, 9.17) is 21.3 Å². The first kappa shape index (κ1) is 20.0. The third-order valence-corrected chi connectivity index (χ3v) is 5.11. The highest BCUT2D eigenvalue weighted by Gasteiger charge is 2.12. The van der Waals surface area contributed by atoms with Crippen molar-refractivity contribution in [1.82, 2.24) is 14.9 Å². The molecule has 0 spiro atoms. The van der Waals surface area contributed by atoms with Gasteiger partial charge in [-0.15, -0.1) is 0 Å². The van der Waals surface area contributed by atoms with Gasteiger partial charge in [0.15, 0.2) is 0 Å². The van der Waals surface area contributed by atoms with Crippen LogP contribution in [-0.2, 0) is 13.1 Å². The minimum atomic E-state index is -0.115. The third-order valence-electron chi connectivity index (χ3n) is 4.80. The van der Waals surface area contributed by atoms with E-state index in [0.717, 1.165) is 29.8 Å². The van der Waals surface area contributed by atoms with Crippen LogP contribution in [0.5, 0.6) is 5.75 Å². The molecule has 4 aromatic rings. The van der Waals surface area contributed by atoms with Crippen molar-refractivity contribution in [3.8, 4) is 5.75 Å². The molecule has 5 nitrogen and oxygen atoms in total. The van der Waals surface area contributed by atoms with Gasteiger partial charge in [-0.1, -0.05) is 54.1 Å². The molecule has 1 amide bonds. The molecule has 0 aliphatic carbocycles. The van der Waals surface area contributed by atoms with Crippen LogP contribution in [0.25, 0.3) is 11.0 Å². The lowest BCUT2D eigenvalue weighted by atomic mass is 10.2. The molecule has 0 saturated carbocycles. The first-order valence-corrected chi connectivity index (χ1v) is 10.2. The number of hydrogen-bond donors (Lipinski definition) is 1. The number of carbonyl (C=O) groups is 1. The van der Waals surface area contributed by atoms with Gasteiger partial charge in [0.1, 0.15) is 11.6 Å². The first-order chi connectivity index (χ1) is 14.7. The lowest BCUT2D eigenvalue weighted by molar-refractivity contribution is 0.0949. The first-order valence-electron chi connectivity index (χ1n) is 9.87. The Labute approximate surface area is 180 Å². The van der Waals surface area contributed by atoms with Crippen LogP contribution < -0.4 is 10.1 Å². The van der Waals surface area contributed by atoms with Gasteiger partial charge in [-0.2, -0.15) is 0 Å². The predicted molar refractivity (Wildman–Crippen MR) is 119 cm³/mol. The Balaban J connectivity index is 1.43. The predicted octanol–water partition coefficient (Wildman–Crippen LogP) is 5.09. The van der Waals surface area contributed by atoms with Crippen LogP contribution >= 0.6 is 11.6 Å². The van der Waals surface area contributed by atoms with Gasteiger partial charge in [-0.3, -0.25) is 4.79 Å². The van der Waals surface area contributed by atoms with Gasteiger partial charge in [0.05, 0.1) is 29.2 Å². The standard InChI is InChI=1S/C24H22ClN3O2/c25-19-11-4-7-14-22(19)30-16-8-15-28-21-13-6-5-12-20(21)27-23(28)17-26-24(29)18-9-2-1-3-10-18/h1-7,9-14H,8,15-17H2,(H,26,29). The minimum absolute atomic E-state index is 0.115. The number of benzene rings is 3. The maximum atomic E-state index is 12.4. The Kier molecular flexibility index (Phi) is 6.30. The number of rotatable bonds is 8. The molecular formula is C24H22ClN3O2. The summed E-state index contributed by atoms with van der Waals surface area (Å²) in [6.07, 6.45) is 0.783. The van der Waals surface area contributed by atoms with E-state index in [-0.39, 0.29) is 5.91 Å². The van der Waals surface area contributed by atoms with Crippen LogP contribution in [0.3, 0.4) is 0 Å². The van der Waals surface area contributed by atoms with E-state index in [9.17, 15) is 4.79 Å². The molecule has 152 valence electrons. The summed E-state index contributed by atoms with van der Waals surface area (Å²) in [5.41, 5.74) is 2.58. The van der Waals surface area contributed by atoms with Gasteiger partial charge >= 0.3 is 0 Å². The number of halogens is 1. The van der Waals surface area contributed by atoms with E-state index in [1.807, 2.05) is 66.7 Å². The van der Waals surface area contributed by atoms with Crippen LogP contribution in [0.1, 0.15) is 22.6 Å². The number of aryl methyl sites for hydroxylation is 1. The fourth-order valence-corrected chi connectivity index (χ4v) is 3.52. The number of amides is 1. The van der Waals surface area contributed by atoms with Crippen LogP contribution in [-0.4, -0.2) is 22.1 Å². The molecular weight excluding hydrogens is 398 g/mol. The molecule has 6 heteroatoms. The zero-order valence-corrected chi connectivity index (χ0v) is 17.2. The SMILES string of the molecule is O=C(NCc1nc2ccccc2n1CCCOc1ccccc1Cl)c1ccccc1. The molecule has 0 atom stereocenters. The van der Waals surface area contributed by atoms with E-state index < -0.39 is 0 Å². The summed E-state index contributed by atoms with van der Waals surface area (Å²) >= 11 is 6.15. The molecule has 0 bridgehead atoms. The van der Waals surface area contributed by atoms with Gasteiger partial charge in [0.2, 0.25) is 0 Å². The number of nitrogens with zero attached hydrogens (tertiary/aromatic N) is 2. The van der Waals surface area contributed by atoms with E-state index in [0.29, 0.717) is 29.5 Å². The summed E-state index contributed by atoms with van der Waals surface area (Å²) in [7, 11) is 0. The Bertz CT molecular complexity index is 1140. The molecule has 0 fully saturated rings. The van der Waals surface area contributed by atoms with Crippen molar-refractivity contribution >= 4 is 28.5 Å². The van der Waals surface area contributed by atoms with Crippen LogP contribution in [0.2, 0.25) is 5.02 Å². The zero-order chi connectivity index (χ0) is 20.8. The summed E-state index contributed by atoms with van der Waals surface area (Å²) in [5, 5.41) is 3.58. The highest BCUT2D eigenvalue weighted by molar-refractivity contribution is 6.32. The average Bonchev–Trinajstić information content (AvgIpc) is 3.14. The molecule has 1 aromatic heterocycles. The fourth-order valence-electron chi connectivity index (χ4n) is 3.33. The number of imidazole rings is 1. The summed E-state index contributed by atoms with van der Waals surface area (Å²) in [6, 6.07) is 24.6. The second-order valence-electron chi connectivity index (χ2n) is 6.85. The van der Waals surface area contributed by atoms with E-state index in [1.54, 1.807) is 12.1 Å². The highest BCUT2D eigenvalue weighted by Crippen LogP contribution is 2.23. The van der Waals surface area contributed by atoms with E-state index >= 15 is 0 Å². The average molecular weight is 420 g/mol. The van der Waals surface area contributed by atoms with Crippen molar-refractivity contribution in [3.63, 3.8) is 0 Å². The van der Waals surface area contributed by atoms with E-state index in [2.05, 4.69) is 9.88 Å². The molecule has 0 saturated heterocycles. The maximum Gasteiger partial charge on any atom is 0.251 e. The van der Waals surface area contributed by atoms with Crippen molar-refractivity contribution in [2.45, 2.75) is 19.5 Å². The van der Waals surface area contributed by atoms with Crippen molar-refractivity contribution in [3.05, 3.63) is 95.3 Å². The molecule has 0 radical (unpaired) electrons. The molecule has 30 heavy (non-hydrogen) atoms. The minimum Gasteiger partial charge on any atom is -0.492 e. The molecule has 1 heterocycles. The van der Waals surface area contributed by atoms with Gasteiger partial charge < -0.3 is 14.6 Å². The third kappa shape index (κ3) is 4.63. The maximum absolute atomic E-state index is 12.4. The van der Waals surface area contributed by atoms with E-state index in [1.165, 1.54) is 0 Å². The van der Waals surface area contributed by atoms with Crippen molar-refractivity contribution < 1.29 is 9.53 Å². The Morgan fingerprint density at radius 2 is 1.70 bits per heavy atom. The quantitative estimate of drug-likeness (QED) is 0.405. The molecule has 1 N–H and O–H groups in total. The normalized spacial score (nSPS) is 10.8. The van der Waals surface area contributed by atoms with Gasteiger partial charge in [-0.25, -0.2) is 4.98 Å². The van der Waals surface area contributed by atoms with Gasteiger partial charge in [0.25, 0.3) is 5.91 Å². The molecule has 0 unspecified atom stereocenters. The lowest BCUT2D eigenvalue weighted by Gasteiger charge is -2.12. The zero-order valence-electron chi connectivity index (χ0n) is 16.4. The topological polar surface area (TPSA) is 56.2 Å². The fraction of sp³-hybridized carbons (Fsp3) is 0.167. The van der Waals surface area contributed by atoms with Crippen molar-refractivity contribution in [1.29, 1.82) is 0 Å². The lowest BCUT2D eigenvalue weighted by Crippen LogP contribution is -2.24. The van der Waals surface area contributed by atoms with Crippen LogP contribution in [0.15, 0.2) is 78.9 Å². The second-order valence-corrected chi connectivity index (χ2v) is 7.26. The molecule has 0 aliphatic heterocycles. The number of carbonyl (C=O) groups excluding carboxylic acids is 1. The monoisotopic (exact) mass is 419 g/mol. The smallest absolute Gasteiger partial charge is 0.251 e. The van der Waals surface area contributed by atoms with Gasteiger partial charge in [0, 0.05) is 12.1 Å². The largest absolute Gasteiger partial charge is 0.492 e. The number of aromatic nitrogens is 2. The number of ether oxygens (including phenoxy) is 1. The summed E-state index contributed by atoms with van der Waals surface area (Å²) < 4.78 is 7.94. The Hall–Kier alpha value is -3.31. The highest BCUT2D eigenvalue weighted by atomic mass is 35.5. The molecule has 0 aliphatic rings. The Morgan fingerprint density at radius 1 is 0.967 bits per heavy atom.